The van der Waals surface area contributed by atoms with Gasteiger partial charge >= 0.3 is 0 Å². The molecule has 4 rings (SSSR count). The highest BCUT2D eigenvalue weighted by atomic mass is 35.5. The van der Waals surface area contributed by atoms with E-state index >= 15 is 0 Å². The Bertz CT molecular complexity index is 1110. The largest absolute Gasteiger partial charge is 0.349 e. The smallest absolute Gasteiger partial charge is 0.253 e. The van der Waals surface area contributed by atoms with Gasteiger partial charge in [-0.25, -0.2) is 9.07 Å². The minimum absolute atomic E-state index is 0.185. The Morgan fingerprint density at radius 2 is 1.97 bits per heavy atom. The summed E-state index contributed by atoms with van der Waals surface area (Å²) in [5.41, 5.74) is 1.46. The minimum atomic E-state index is -0.778. The summed E-state index contributed by atoms with van der Waals surface area (Å²) in [6, 6.07) is 10.0. The van der Waals surface area contributed by atoms with Crippen molar-refractivity contribution in [2.45, 2.75) is 38.3 Å². The predicted molar refractivity (Wildman–Crippen MR) is 112 cm³/mol. The molecule has 1 aromatic heterocycles. The first-order valence-corrected chi connectivity index (χ1v) is 10.2. The maximum Gasteiger partial charge on any atom is 0.253 e. The lowest BCUT2D eigenvalue weighted by molar-refractivity contribution is -0.119. The van der Waals surface area contributed by atoms with E-state index in [0.29, 0.717) is 22.1 Å². The van der Waals surface area contributed by atoms with Crippen molar-refractivity contribution >= 4 is 29.1 Å². The van der Waals surface area contributed by atoms with E-state index in [-0.39, 0.29) is 30.1 Å². The monoisotopic (exact) mass is 442 g/mol. The first-order valence-electron chi connectivity index (χ1n) is 9.81. The number of tetrazole rings is 1. The zero-order valence-electron chi connectivity index (χ0n) is 16.7. The van der Waals surface area contributed by atoms with Crippen LogP contribution in [0.4, 0.5) is 10.1 Å². The van der Waals surface area contributed by atoms with Crippen molar-refractivity contribution in [2.24, 2.45) is 0 Å². The topological polar surface area (TPSA) is 102 Å². The molecule has 1 fully saturated rings. The third-order valence-corrected chi connectivity index (χ3v) is 5.32. The zero-order chi connectivity index (χ0) is 22.0. The highest BCUT2D eigenvalue weighted by Crippen LogP contribution is 2.25. The normalized spacial score (nSPS) is 14.2. The van der Waals surface area contributed by atoms with Crippen LogP contribution in [0.15, 0.2) is 42.5 Å². The van der Waals surface area contributed by atoms with Crippen LogP contribution in [0.5, 0.6) is 0 Å². The standard InChI is InChI=1S/C21H20ClFN6O2/c1-12-26-27-28-29(12)19(10-13-2-4-14(23)5-3-13)21(31)25-16-8-9-18(22)17(11-16)20(30)24-15-6-7-15/h2-5,8-9,11,15,19H,6-7,10H2,1H3,(H,24,30)(H,25,31). The third kappa shape index (κ3) is 5.05. The van der Waals surface area contributed by atoms with Crippen molar-refractivity contribution in [3.63, 3.8) is 0 Å². The van der Waals surface area contributed by atoms with Crippen LogP contribution in [-0.2, 0) is 11.2 Å². The number of hydrogen-bond donors (Lipinski definition) is 2. The van der Waals surface area contributed by atoms with Crippen molar-refractivity contribution in [3.05, 3.63) is 70.3 Å². The molecule has 2 aromatic carbocycles. The van der Waals surface area contributed by atoms with Crippen molar-refractivity contribution in [3.8, 4) is 0 Å². The Hall–Kier alpha value is -3.33. The third-order valence-electron chi connectivity index (χ3n) is 4.99. The van der Waals surface area contributed by atoms with Gasteiger partial charge in [0, 0.05) is 18.2 Å². The average molecular weight is 443 g/mol. The Labute approximate surface area is 182 Å². The zero-order valence-corrected chi connectivity index (χ0v) is 17.4. The van der Waals surface area contributed by atoms with E-state index in [1.54, 1.807) is 37.3 Å². The van der Waals surface area contributed by atoms with E-state index in [9.17, 15) is 14.0 Å². The molecule has 3 aromatic rings. The summed E-state index contributed by atoms with van der Waals surface area (Å²) in [6.07, 6.45) is 2.16. The van der Waals surface area contributed by atoms with Gasteiger partial charge in [-0.05, 0) is 66.1 Å². The number of aromatic nitrogens is 4. The Morgan fingerprint density at radius 3 is 2.61 bits per heavy atom. The second-order valence-electron chi connectivity index (χ2n) is 7.45. The van der Waals surface area contributed by atoms with Crippen LogP contribution in [0.3, 0.4) is 0 Å². The number of rotatable bonds is 7. The van der Waals surface area contributed by atoms with Crippen LogP contribution in [0.2, 0.25) is 5.02 Å². The summed E-state index contributed by atoms with van der Waals surface area (Å²) in [5, 5.41) is 17.4. The molecule has 1 heterocycles. The molecule has 10 heteroatoms. The van der Waals surface area contributed by atoms with Crippen molar-refractivity contribution in [1.29, 1.82) is 0 Å². The van der Waals surface area contributed by atoms with Crippen molar-refractivity contribution < 1.29 is 14.0 Å². The molecule has 31 heavy (non-hydrogen) atoms. The second-order valence-corrected chi connectivity index (χ2v) is 7.86. The molecule has 0 bridgehead atoms. The van der Waals surface area contributed by atoms with E-state index in [1.807, 2.05) is 0 Å². The van der Waals surface area contributed by atoms with E-state index in [4.69, 9.17) is 11.6 Å². The molecule has 1 aliphatic rings. The highest BCUT2D eigenvalue weighted by Gasteiger charge is 2.27. The molecule has 8 nitrogen and oxygen atoms in total. The number of aryl methyl sites for hydroxylation is 1. The van der Waals surface area contributed by atoms with Crippen LogP contribution >= 0.6 is 11.6 Å². The number of carbonyl (C=O) groups is 2. The van der Waals surface area contributed by atoms with Crippen LogP contribution in [0, 0.1) is 12.7 Å². The summed E-state index contributed by atoms with van der Waals surface area (Å²) in [6.45, 7) is 1.69. The van der Waals surface area contributed by atoms with Gasteiger partial charge in [0.1, 0.15) is 17.7 Å². The molecule has 1 aliphatic carbocycles. The first-order chi connectivity index (χ1) is 14.9. The van der Waals surface area contributed by atoms with Crippen LogP contribution in [0.25, 0.3) is 0 Å². The van der Waals surface area contributed by atoms with Gasteiger partial charge in [-0.2, -0.15) is 0 Å². The number of carbonyl (C=O) groups excluding carboxylic acids is 2. The first kappa shape index (κ1) is 20.9. The van der Waals surface area contributed by atoms with Crippen molar-refractivity contribution in [2.75, 3.05) is 5.32 Å². The van der Waals surface area contributed by atoms with E-state index in [2.05, 4.69) is 26.2 Å². The fraction of sp³-hybridized carbons (Fsp3) is 0.286. The molecule has 2 N–H and O–H groups in total. The molecule has 1 saturated carbocycles. The maximum absolute atomic E-state index is 13.3. The van der Waals surface area contributed by atoms with Gasteiger partial charge < -0.3 is 10.6 Å². The lowest BCUT2D eigenvalue weighted by atomic mass is 10.0. The van der Waals surface area contributed by atoms with Gasteiger partial charge in [-0.1, -0.05) is 23.7 Å². The van der Waals surface area contributed by atoms with Gasteiger partial charge in [0.2, 0.25) is 5.91 Å². The summed E-state index contributed by atoms with van der Waals surface area (Å²) < 4.78 is 14.7. The van der Waals surface area contributed by atoms with Crippen molar-refractivity contribution in [1.82, 2.24) is 25.5 Å². The van der Waals surface area contributed by atoms with Crippen LogP contribution in [0.1, 0.15) is 40.6 Å². The minimum Gasteiger partial charge on any atom is -0.349 e. The van der Waals surface area contributed by atoms with Gasteiger partial charge in [0.15, 0.2) is 0 Å². The fourth-order valence-corrected chi connectivity index (χ4v) is 3.36. The number of amides is 2. The van der Waals surface area contributed by atoms with Gasteiger partial charge in [0.25, 0.3) is 5.91 Å². The summed E-state index contributed by atoms with van der Waals surface area (Å²) in [7, 11) is 0. The number of halogens is 2. The SMILES string of the molecule is Cc1nnnn1C(Cc1ccc(F)cc1)C(=O)Nc1ccc(Cl)c(C(=O)NC2CC2)c1. The number of benzene rings is 2. The van der Waals surface area contributed by atoms with Crippen LogP contribution in [-0.4, -0.2) is 38.1 Å². The van der Waals surface area contributed by atoms with Gasteiger partial charge in [-0.3, -0.25) is 9.59 Å². The molecule has 2 amide bonds. The molecular formula is C21H20ClFN6O2. The van der Waals surface area contributed by atoms with Crippen LogP contribution < -0.4 is 10.6 Å². The Balaban J connectivity index is 1.56. The number of nitrogens with one attached hydrogen (secondary N) is 2. The van der Waals surface area contributed by atoms with E-state index in [1.165, 1.54) is 16.8 Å². The average Bonchev–Trinajstić information content (AvgIpc) is 3.46. The molecule has 1 unspecified atom stereocenters. The quantitative estimate of drug-likeness (QED) is 0.585. The lowest BCUT2D eigenvalue weighted by Gasteiger charge is -2.18. The Morgan fingerprint density at radius 1 is 1.23 bits per heavy atom. The predicted octanol–water partition coefficient (Wildman–Crippen LogP) is 3.09. The second kappa shape index (κ2) is 8.81. The summed E-state index contributed by atoms with van der Waals surface area (Å²) in [5.74, 6) is -0.553. The summed E-state index contributed by atoms with van der Waals surface area (Å²) in [4.78, 5) is 25.6. The summed E-state index contributed by atoms with van der Waals surface area (Å²) >= 11 is 6.18. The number of hydrogen-bond acceptors (Lipinski definition) is 5. The molecular weight excluding hydrogens is 423 g/mol. The molecule has 1 atom stereocenters. The molecule has 160 valence electrons. The molecule has 0 spiro atoms. The molecule has 0 radical (unpaired) electrons. The van der Waals surface area contributed by atoms with Gasteiger partial charge in [0.05, 0.1) is 10.6 Å². The Kier molecular flexibility index (Phi) is 5.94. The molecule has 0 saturated heterocycles. The molecule has 0 aliphatic heterocycles. The maximum atomic E-state index is 13.3. The number of anilines is 1. The van der Waals surface area contributed by atoms with Gasteiger partial charge in [-0.15, -0.1) is 5.10 Å². The number of nitrogens with zero attached hydrogens (tertiary/aromatic N) is 4. The highest BCUT2D eigenvalue weighted by molar-refractivity contribution is 6.34. The fourth-order valence-electron chi connectivity index (χ4n) is 3.15. The van der Waals surface area contributed by atoms with E-state index < -0.39 is 6.04 Å². The lowest BCUT2D eigenvalue weighted by Crippen LogP contribution is -2.30. The van der Waals surface area contributed by atoms with E-state index in [0.717, 1.165) is 18.4 Å².